The molecule has 4 rings (SSSR count). The standard InChI is InChI=1S/C25H31N3O3/c1-15-12-16(2)19-8-5-6-11-22(19)28(13-15)14-17(3)26-25(30)20-9-7-10-21-23(20)31-18(4)24(29)27-21/h5-11,15-18H,12-14H2,1-4H3,(H,26,30)(H,27,29). The number of benzene rings is 2. The van der Waals surface area contributed by atoms with Crippen LogP contribution in [0.5, 0.6) is 5.75 Å². The van der Waals surface area contributed by atoms with Gasteiger partial charge in [0.05, 0.1) is 11.3 Å². The molecule has 0 fully saturated rings. The van der Waals surface area contributed by atoms with E-state index in [9.17, 15) is 9.59 Å². The lowest BCUT2D eigenvalue weighted by Crippen LogP contribution is -2.43. The van der Waals surface area contributed by atoms with Crippen LogP contribution in [0.3, 0.4) is 0 Å². The zero-order chi connectivity index (χ0) is 22.1. The summed E-state index contributed by atoms with van der Waals surface area (Å²) in [6, 6.07) is 13.8. The lowest BCUT2D eigenvalue weighted by Gasteiger charge is -2.30. The summed E-state index contributed by atoms with van der Waals surface area (Å²) in [6.07, 6.45) is 0.530. The van der Waals surface area contributed by atoms with Crippen molar-refractivity contribution in [2.75, 3.05) is 23.3 Å². The van der Waals surface area contributed by atoms with Crippen molar-refractivity contribution in [3.8, 4) is 5.75 Å². The van der Waals surface area contributed by atoms with Crippen LogP contribution in [-0.2, 0) is 4.79 Å². The van der Waals surface area contributed by atoms with E-state index in [1.165, 1.54) is 11.3 Å². The van der Waals surface area contributed by atoms with E-state index >= 15 is 0 Å². The average Bonchev–Trinajstić information content (AvgIpc) is 2.84. The van der Waals surface area contributed by atoms with E-state index in [1.807, 2.05) is 6.92 Å². The SMILES string of the molecule is CC1CC(C)c2ccccc2N(CC(C)NC(=O)c2cccc3c2OC(C)C(=O)N3)C1. The molecule has 164 valence electrons. The van der Waals surface area contributed by atoms with Gasteiger partial charge in [0, 0.05) is 24.8 Å². The summed E-state index contributed by atoms with van der Waals surface area (Å²) < 4.78 is 5.73. The Morgan fingerprint density at radius 2 is 1.97 bits per heavy atom. The molecule has 31 heavy (non-hydrogen) atoms. The minimum Gasteiger partial charge on any atom is -0.478 e. The first-order chi connectivity index (χ1) is 14.8. The smallest absolute Gasteiger partial charge is 0.265 e. The Morgan fingerprint density at radius 1 is 1.19 bits per heavy atom. The summed E-state index contributed by atoms with van der Waals surface area (Å²) in [5, 5.41) is 5.92. The van der Waals surface area contributed by atoms with Gasteiger partial charge in [-0.05, 0) is 55.9 Å². The third-order valence-corrected chi connectivity index (χ3v) is 6.15. The lowest BCUT2D eigenvalue weighted by atomic mass is 9.92. The topological polar surface area (TPSA) is 70.7 Å². The van der Waals surface area contributed by atoms with E-state index in [0.717, 1.165) is 19.5 Å². The van der Waals surface area contributed by atoms with Gasteiger partial charge in [0.25, 0.3) is 11.8 Å². The monoisotopic (exact) mass is 421 g/mol. The third-order valence-electron chi connectivity index (χ3n) is 6.15. The van der Waals surface area contributed by atoms with Gasteiger partial charge in [-0.1, -0.05) is 38.1 Å². The van der Waals surface area contributed by atoms with Gasteiger partial charge in [-0.25, -0.2) is 0 Å². The van der Waals surface area contributed by atoms with Gasteiger partial charge in [0.15, 0.2) is 11.9 Å². The molecule has 2 aromatic carbocycles. The Kier molecular flexibility index (Phi) is 5.90. The van der Waals surface area contributed by atoms with Crippen molar-refractivity contribution < 1.29 is 14.3 Å². The summed E-state index contributed by atoms with van der Waals surface area (Å²) in [5.41, 5.74) is 3.61. The van der Waals surface area contributed by atoms with Crippen LogP contribution in [0.2, 0.25) is 0 Å². The minimum atomic E-state index is -0.629. The molecule has 0 saturated carbocycles. The maximum atomic E-state index is 13.1. The number of carbonyl (C=O) groups excluding carboxylic acids is 2. The highest BCUT2D eigenvalue weighted by atomic mass is 16.5. The van der Waals surface area contributed by atoms with Crippen LogP contribution in [0.15, 0.2) is 42.5 Å². The summed E-state index contributed by atoms with van der Waals surface area (Å²) in [7, 11) is 0. The van der Waals surface area contributed by atoms with Crippen LogP contribution < -0.4 is 20.3 Å². The fraction of sp³-hybridized carbons (Fsp3) is 0.440. The maximum Gasteiger partial charge on any atom is 0.265 e. The fourth-order valence-electron chi connectivity index (χ4n) is 4.73. The van der Waals surface area contributed by atoms with Gasteiger partial charge in [-0.15, -0.1) is 0 Å². The van der Waals surface area contributed by atoms with Gasteiger partial charge in [-0.3, -0.25) is 9.59 Å². The molecule has 4 unspecified atom stereocenters. The molecule has 2 heterocycles. The van der Waals surface area contributed by atoms with Crippen molar-refractivity contribution in [2.45, 2.75) is 52.2 Å². The molecule has 2 aromatic rings. The summed E-state index contributed by atoms with van der Waals surface area (Å²) in [4.78, 5) is 27.3. The second kappa shape index (κ2) is 8.61. The molecule has 0 spiro atoms. The quantitative estimate of drug-likeness (QED) is 0.777. The number of carbonyl (C=O) groups is 2. The molecule has 2 aliphatic heterocycles. The molecule has 4 atom stereocenters. The normalized spacial score (nSPS) is 23.5. The molecule has 0 aliphatic carbocycles. The Balaban J connectivity index is 1.50. The largest absolute Gasteiger partial charge is 0.478 e. The number of rotatable bonds is 4. The molecule has 2 N–H and O–H groups in total. The van der Waals surface area contributed by atoms with Crippen molar-refractivity contribution in [3.05, 3.63) is 53.6 Å². The third kappa shape index (κ3) is 4.38. The Bertz CT molecular complexity index is 990. The zero-order valence-corrected chi connectivity index (χ0v) is 18.6. The van der Waals surface area contributed by atoms with E-state index in [2.05, 4.69) is 53.6 Å². The number of ether oxygens (including phenoxy) is 1. The van der Waals surface area contributed by atoms with Crippen LogP contribution in [0, 0.1) is 5.92 Å². The lowest BCUT2D eigenvalue weighted by molar-refractivity contribution is -0.122. The van der Waals surface area contributed by atoms with E-state index in [1.54, 1.807) is 25.1 Å². The molecule has 6 nitrogen and oxygen atoms in total. The van der Waals surface area contributed by atoms with Crippen molar-refractivity contribution in [1.29, 1.82) is 0 Å². The van der Waals surface area contributed by atoms with Crippen LogP contribution in [-0.4, -0.2) is 37.0 Å². The molecule has 2 aliphatic rings. The molecule has 0 radical (unpaired) electrons. The average molecular weight is 422 g/mol. The molecular formula is C25H31N3O3. The predicted molar refractivity (Wildman–Crippen MR) is 123 cm³/mol. The molecule has 0 saturated heterocycles. The van der Waals surface area contributed by atoms with E-state index in [4.69, 9.17) is 4.74 Å². The number of fused-ring (bicyclic) bond motifs is 2. The van der Waals surface area contributed by atoms with Gasteiger partial charge in [0.1, 0.15) is 0 Å². The van der Waals surface area contributed by atoms with Crippen LogP contribution in [0.1, 0.15) is 56.0 Å². The van der Waals surface area contributed by atoms with Gasteiger partial charge < -0.3 is 20.3 Å². The predicted octanol–water partition coefficient (Wildman–Crippen LogP) is 4.17. The Hall–Kier alpha value is -3.02. The molecular weight excluding hydrogens is 390 g/mol. The first kappa shape index (κ1) is 21.2. The van der Waals surface area contributed by atoms with E-state index < -0.39 is 6.10 Å². The number of anilines is 2. The molecule has 0 aromatic heterocycles. The second-order valence-corrected chi connectivity index (χ2v) is 9.01. The maximum absolute atomic E-state index is 13.1. The Morgan fingerprint density at radius 3 is 2.77 bits per heavy atom. The van der Waals surface area contributed by atoms with Crippen molar-refractivity contribution in [2.24, 2.45) is 5.92 Å². The number of amides is 2. The van der Waals surface area contributed by atoms with Crippen LogP contribution in [0.4, 0.5) is 11.4 Å². The molecule has 0 bridgehead atoms. The van der Waals surface area contributed by atoms with Crippen molar-refractivity contribution in [1.82, 2.24) is 5.32 Å². The number of hydrogen-bond acceptors (Lipinski definition) is 4. The van der Waals surface area contributed by atoms with E-state index in [0.29, 0.717) is 28.8 Å². The van der Waals surface area contributed by atoms with Crippen molar-refractivity contribution >= 4 is 23.2 Å². The highest BCUT2D eigenvalue weighted by molar-refractivity contribution is 6.04. The first-order valence-corrected chi connectivity index (χ1v) is 11.1. The van der Waals surface area contributed by atoms with Crippen LogP contribution >= 0.6 is 0 Å². The van der Waals surface area contributed by atoms with Crippen molar-refractivity contribution in [3.63, 3.8) is 0 Å². The summed E-state index contributed by atoms with van der Waals surface area (Å²) in [5.74, 6) is 1.12. The highest BCUT2D eigenvalue weighted by Gasteiger charge is 2.29. The number of para-hydroxylation sites is 2. The molecule has 2 amide bonds. The summed E-state index contributed by atoms with van der Waals surface area (Å²) in [6.45, 7) is 9.98. The van der Waals surface area contributed by atoms with Gasteiger partial charge >= 0.3 is 0 Å². The van der Waals surface area contributed by atoms with Gasteiger partial charge in [0.2, 0.25) is 0 Å². The summed E-state index contributed by atoms with van der Waals surface area (Å²) >= 11 is 0. The highest BCUT2D eigenvalue weighted by Crippen LogP contribution is 2.36. The number of nitrogens with zero attached hydrogens (tertiary/aromatic N) is 1. The number of hydrogen-bond donors (Lipinski definition) is 2. The number of nitrogens with one attached hydrogen (secondary N) is 2. The molecule has 6 heteroatoms. The van der Waals surface area contributed by atoms with E-state index in [-0.39, 0.29) is 17.9 Å². The second-order valence-electron chi connectivity index (χ2n) is 9.01. The minimum absolute atomic E-state index is 0.0624. The Labute approximate surface area is 184 Å². The first-order valence-electron chi connectivity index (χ1n) is 11.1. The fourth-order valence-corrected chi connectivity index (χ4v) is 4.73. The zero-order valence-electron chi connectivity index (χ0n) is 18.6. The van der Waals surface area contributed by atoms with Crippen LogP contribution in [0.25, 0.3) is 0 Å². The van der Waals surface area contributed by atoms with Gasteiger partial charge in [-0.2, -0.15) is 0 Å².